The number of unbranched alkanes of at least 4 members (excludes halogenated alkanes) is 21. The topological polar surface area (TPSA) is 85.4 Å². The summed E-state index contributed by atoms with van der Waals surface area (Å²) in [6, 6.07) is 0. The van der Waals surface area contributed by atoms with Crippen molar-refractivity contribution in [2.24, 2.45) is 11.8 Å². The molecule has 0 N–H and O–H groups in total. The normalized spacial score (nSPS) is 11.7. The third kappa shape index (κ3) is 41.1. The molecular formula is C50H98N2O6. The molecule has 0 spiro atoms. The lowest BCUT2D eigenvalue weighted by Gasteiger charge is -2.22. The van der Waals surface area contributed by atoms with Crippen LogP contribution < -0.4 is 0 Å². The van der Waals surface area contributed by atoms with Gasteiger partial charge in [-0.3, -0.25) is 19.3 Å². The second-order valence-corrected chi connectivity index (χ2v) is 18.0. The SMILES string of the molecule is CCCCCCCCC(CCCCCCCC)C(=O)OCCCCCCCN(CCCCCOC(=O)CCCCCCCCC(C)C)CCOC(=O)CCCN(C)C. The van der Waals surface area contributed by atoms with Crippen LogP contribution in [0.5, 0.6) is 0 Å². The standard InChI is InChI=1S/C50H98N2O6/c1-7-9-11-13-19-26-35-47(36-27-20-14-12-10-8-2)50(55)58-44-31-23-17-22-29-40-52(42-45-57-49(54)38-33-39-51(5)6)41-30-24-32-43-56-48(53)37-28-21-16-15-18-25-34-46(3)4/h46-47H,7-45H2,1-6H3. The molecule has 0 fully saturated rings. The van der Waals surface area contributed by atoms with Crippen LogP contribution in [0.1, 0.15) is 233 Å². The van der Waals surface area contributed by atoms with Crippen molar-refractivity contribution in [3.63, 3.8) is 0 Å². The van der Waals surface area contributed by atoms with E-state index in [1.54, 1.807) is 0 Å². The minimum Gasteiger partial charge on any atom is -0.466 e. The first-order valence-corrected chi connectivity index (χ1v) is 25.0. The fraction of sp³-hybridized carbons (Fsp3) is 0.940. The molecule has 0 saturated heterocycles. The fourth-order valence-corrected chi connectivity index (χ4v) is 7.62. The molecule has 0 atom stereocenters. The Morgan fingerprint density at radius 2 is 0.828 bits per heavy atom. The first-order chi connectivity index (χ1) is 28.2. The van der Waals surface area contributed by atoms with E-state index in [9.17, 15) is 14.4 Å². The maximum absolute atomic E-state index is 13.1. The Hall–Kier alpha value is -1.67. The molecule has 0 saturated carbocycles. The van der Waals surface area contributed by atoms with Gasteiger partial charge in [0, 0.05) is 19.4 Å². The van der Waals surface area contributed by atoms with E-state index in [-0.39, 0.29) is 23.8 Å². The number of ether oxygens (including phenoxy) is 3. The molecule has 0 rings (SSSR count). The molecule has 0 aromatic rings. The number of carbonyl (C=O) groups is 3. The zero-order valence-electron chi connectivity index (χ0n) is 39.6. The third-order valence-corrected chi connectivity index (χ3v) is 11.5. The highest BCUT2D eigenvalue weighted by atomic mass is 16.5. The van der Waals surface area contributed by atoms with E-state index < -0.39 is 0 Å². The Balaban J connectivity index is 4.45. The molecule has 0 heterocycles. The molecule has 8 heteroatoms. The summed E-state index contributed by atoms with van der Waals surface area (Å²) in [5.41, 5.74) is 0. The summed E-state index contributed by atoms with van der Waals surface area (Å²) in [6.45, 7) is 14.1. The smallest absolute Gasteiger partial charge is 0.308 e. The number of esters is 3. The van der Waals surface area contributed by atoms with Crippen molar-refractivity contribution in [2.45, 2.75) is 233 Å². The first kappa shape index (κ1) is 56.3. The van der Waals surface area contributed by atoms with Crippen molar-refractivity contribution in [2.75, 3.05) is 60.1 Å². The van der Waals surface area contributed by atoms with E-state index in [4.69, 9.17) is 14.2 Å². The lowest BCUT2D eigenvalue weighted by molar-refractivity contribution is -0.149. The minimum atomic E-state index is -0.109. The highest BCUT2D eigenvalue weighted by Gasteiger charge is 2.19. The molecule has 0 radical (unpaired) electrons. The van der Waals surface area contributed by atoms with E-state index >= 15 is 0 Å². The van der Waals surface area contributed by atoms with Crippen LogP contribution in [-0.2, 0) is 28.6 Å². The lowest BCUT2D eigenvalue weighted by Crippen LogP contribution is -2.30. The van der Waals surface area contributed by atoms with Gasteiger partial charge in [-0.2, -0.15) is 0 Å². The minimum absolute atomic E-state index is 0.0443. The average molecular weight is 823 g/mol. The van der Waals surface area contributed by atoms with Crippen molar-refractivity contribution in [3.05, 3.63) is 0 Å². The summed E-state index contributed by atoms with van der Waals surface area (Å²) in [5, 5.41) is 0. The van der Waals surface area contributed by atoms with Gasteiger partial charge in [-0.05, 0) is 97.4 Å². The Bertz CT molecular complexity index is 897. The van der Waals surface area contributed by atoms with Crippen LogP contribution in [0.15, 0.2) is 0 Å². The predicted molar refractivity (Wildman–Crippen MR) is 245 cm³/mol. The largest absolute Gasteiger partial charge is 0.466 e. The Labute approximate surface area is 360 Å². The van der Waals surface area contributed by atoms with Crippen LogP contribution in [-0.4, -0.2) is 87.8 Å². The second-order valence-electron chi connectivity index (χ2n) is 18.0. The molecular weight excluding hydrogens is 725 g/mol. The number of hydrogen-bond donors (Lipinski definition) is 0. The summed E-state index contributed by atoms with van der Waals surface area (Å²) < 4.78 is 17.0. The Morgan fingerprint density at radius 3 is 1.36 bits per heavy atom. The van der Waals surface area contributed by atoms with Crippen LogP contribution in [0, 0.1) is 11.8 Å². The van der Waals surface area contributed by atoms with Crippen LogP contribution in [0.2, 0.25) is 0 Å². The second kappa shape index (κ2) is 43.4. The van der Waals surface area contributed by atoms with Gasteiger partial charge in [-0.1, -0.05) is 163 Å². The monoisotopic (exact) mass is 823 g/mol. The molecule has 0 aromatic heterocycles. The van der Waals surface area contributed by atoms with Crippen LogP contribution in [0.4, 0.5) is 0 Å². The molecule has 8 nitrogen and oxygen atoms in total. The molecule has 0 aliphatic carbocycles. The molecule has 0 bridgehead atoms. The first-order valence-electron chi connectivity index (χ1n) is 25.0. The summed E-state index contributed by atoms with van der Waals surface area (Å²) in [5.74, 6) is 0.751. The van der Waals surface area contributed by atoms with Crippen LogP contribution >= 0.6 is 0 Å². The average Bonchev–Trinajstić information content (AvgIpc) is 3.19. The van der Waals surface area contributed by atoms with Crippen molar-refractivity contribution in [3.8, 4) is 0 Å². The highest BCUT2D eigenvalue weighted by Crippen LogP contribution is 2.21. The van der Waals surface area contributed by atoms with Gasteiger partial charge in [0.2, 0.25) is 0 Å². The van der Waals surface area contributed by atoms with Gasteiger partial charge < -0.3 is 19.1 Å². The molecule has 0 aromatic carbocycles. The van der Waals surface area contributed by atoms with Crippen LogP contribution in [0.3, 0.4) is 0 Å². The molecule has 58 heavy (non-hydrogen) atoms. The van der Waals surface area contributed by atoms with Gasteiger partial charge in [-0.25, -0.2) is 0 Å². The summed E-state index contributed by atoms with van der Waals surface area (Å²) >= 11 is 0. The van der Waals surface area contributed by atoms with E-state index in [2.05, 4.69) is 37.5 Å². The van der Waals surface area contributed by atoms with Crippen molar-refractivity contribution in [1.82, 2.24) is 9.80 Å². The van der Waals surface area contributed by atoms with Gasteiger partial charge in [0.1, 0.15) is 6.61 Å². The maximum Gasteiger partial charge on any atom is 0.308 e. The molecule has 0 amide bonds. The zero-order chi connectivity index (χ0) is 42.7. The summed E-state index contributed by atoms with van der Waals surface area (Å²) in [4.78, 5) is 42.1. The number of nitrogens with zero attached hydrogens (tertiary/aromatic N) is 2. The Kier molecular flexibility index (Phi) is 42.2. The van der Waals surface area contributed by atoms with Gasteiger partial charge in [0.15, 0.2) is 0 Å². The third-order valence-electron chi connectivity index (χ3n) is 11.5. The van der Waals surface area contributed by atoms with Crippen LogP contribution in [0.25, 0.3) is 0 Å². The van der Waals surface area contributed by atoms with Gasteiger partial charge in [0.25, 0.3) is 0 Å². The lowest BCUT2D eigenvalue weighted by atomic mass is 9.94. The number of hydrogen-bond acceptors (Lipinski definition) is 8. The zero-order valence-corrected chi connectivity index (χ0v) is 39.6. The maximum atomic E-state index is 13.1. The number of carbonyl (C=O) groups excluding carboxylic acids is 3. The van der Waals surface area contributed by atoms with Gasteiger partial charge in [-0.15, -0.1) is 0 Å². The van der Waals surface area contributed by atoms with E-state index in [1.165, 1.54) is 96.3 Å². The predicted octanol–water partition coefficient (Wildman–Crippen LogP) is 13.3. The summed E-state index contributed by atoms with van der Waals surface area (Å²) in [6.07, 6.45) is 35.7. The van der Waals surface area contributed by atoms with E-state index in [0.717, 1.165) is 128 Å². The Morgan fingerprint density at radius 1 is 0.414 bits per heavy atom. The van der Waals surface area contributed by atoms with Gasteiger partial charge >= 0.3 is 17.9 Å². The number of rotatable bonds is 45. The van der Waals surface area contributed by atoms with E-state index in [1.807, 2.05) is 14.1 Å². The van der Waals surface area contributed by atoms with Crippen molar-refractivity contribution in [1.29, 1.82) is 0 Å². The molecule has 0 unspecified atom stereocenters. The van der Waals surface area contributed by atoms with Crippen molar-refractivity contribution >= 4 is 17.9 Å². The van der Waals surface area contributed by atoms with E-state index in [0.29, 0.717) is 32.7 Å². The highest BCUT2D eigenvalue weighted by molar-refractivity contribution is 5.72. The molecule has 344 valence electrons. The summed E-state index contributed by atoms with van der Waals surface area (Å²) in [7, 11) is 4.04. The quantitative estimate of drug-likeness (QED) is 0.0341. The van der Waals surface area contributed by atoms with Crippen molar-refractivity contribution < 1.29 is 28.6 Å². The van der Waals surface area contributed by atoms with Gasteiger partial charge in [0.05, 0.1) is 19.1 Å². The molecule has 0 aliphatic heterocycles. The molecule has 0 aliphatic rings. The fourth-order valence-electron chi connectivity index (χ4n) is 7.62.